The third-order valence-corrected chi connectivity index (χ3v) is 11.9. The molecule has 4 aromatic heterocycles. The molecule has 3 saturated heterocycles. The highest BCUT2D eigenvalue weighted by molar-refractivity contribution is 8.00. The van der Waals surface area contributed by atoms with Gasteiger partial charge in [-0.1, -0.05) is 0 Å². The van der Waals surface area contributed by atoms with Gasteiger partial charge in [-0.25, -0.2) is 9.37 Å². The van der Waals surface area contributed by atoms with Crippen LogP contribution in [0.1, 0.15) is 53.9 Å². The van der Waals surface area contributed by atoms with Gasteiger partial charge in [0.25, 0.3) is 0 Å². The first-order valence-electron chi connectivity index (χ1n) is 14.1. The smallest absolute Gasteiger partial charge is 0.320 e. The molecule has 0 bridgehead atoms. The van der Waals surface area contributed by atoms with E-state index in [1.807, 2.05) is 23.3 Å². The van der Waals surface area contributed by atoms with E-state index in [-0.39, 0.29) is 22.3 Å². The van der Waals surface area contributed by atoms with Crippen LogP contribution in [0.25, 0.3) is 11.2 Å². The molecule has 0 aliphatic carbocycles. The van der Waals surface area contributed by atoms with Gasteiger partial charge in [-0.2, -0.15) is 15.2 Å². The lowest BCUT2D eigenvalue weighted by atomic mass is 9.88. The van der Waals surface area contributed by atoms with Gasteiger partial charge in [-0.15, -0.1) is 23.1 Å². The molecular formula is C28H29FN10OS2. The summed E-state index contributed by atoms with van der Waals surface area (Å²) in [7, 11) is 0. The maximum absolute atomic E-state index is 14.4. The first kappa shape index (κ1) is 26.1. The summed E-state index contributed by atoms with van der Waals surface area (Å²) in [5.41, 5.74) is 9.69. The third kappa shape index (κ3) is 3.83. The number of fused-ring (bicyclic) bond motifs is 4. The van der Waals surface area contributed by atoms with E-state index in [0.717, 1.165) is 36.4 Å². The molecule has 3 atom stereocenters. The van der Waals surface area contributed by atoms with Gasteiger partial charge >= 0.3 is 6.01 Å². The van der Waals surface area contributed by atoms with E-state index in [2.05, 4.69) is 25.8 Å². The molecule has 8 heterocycles. The zero-order valence-corrected chi connectivity index (χ0v) is 24.7. The summed E-state index contributed by atoms with van der Waals surface area (Å²) < 4.78 is 22.5. The first-order valence-corrected chi connectivity index (χ1v) is 15.9. The second-order valence-corrected chi connectivity index (χ2v) is 14.2. The topological polar surface area (TPSA) is 135 Å². The largest absolute Gasteiger partial charge is 0.461 e. The van der Waals surface area contributed by atoms with Crippen molar-refractivity contribution in [1.29, 1.82) is 5.26 Å². The predicted octanol–water partition coefficient (Wildman–Crippen LogP) is 3.66. The monoisotopic (exact) mass is 604 g/mol. The van der Waals surface area contributed by atoms with Crippen molar-refractivity contribution in [3.8, 4) is 12.1 Å². The van der Waals surface area contributed by atoms with Crippen molar-refractivity contribution >= 4 is 45.1 Å². The lowest BCUT2D eigenvalue weighted by Gasteiger charge is -2.48. The second-order valence-electron chi connectivity index (χ2n) is 11.7. The first-order chi connectivity index (χ1) is 20.4. The average Bonchev–Trinajstić information content (AvgIpc) is 3.77. The van der Waals surface area contributed by atoms with Crippen LogP contribution in [0.15, 0.2) is 24.9 Å². The summed E-state index contributed by atoms with van der Waals surface area (Å²) in [6, 6.07) is 2.42. The van der Waals surface area contributed by atoms with Gasteiger partial charge < -0.3 is 19.9 Å². The highest BCUT2D eigenvalue weighted by atomic mass is 32.2. The predicted molar refractivity (Wildman–Crippen MR) is 158 cm³/mol. The van der Waals surface area contributed by atoms with E-state index in [0.29, 0.717) is 60.2 Å². The summed E-state index contributed by atoms with van der Waals surface area (Å²) in [6.45, 7) is 5.08. The van der Waals surface area contributed by atoms with Gasteiger partial charge in [0.05, 0.1) is 40.1 Å². The fourth-order valence-electron chi connectivity index (χ4n) is 7.20. The van der Waals surface area contributed by atoms with Crippen molar-refractivity contribution < 1.29 is 9.13 Å². The summed E-state index contributed by atoms with van der Waals surface area (Å²) in [6.07, 6.45) is 8.41. The number of rotatable bonds is 6. The van der Waals surface area contributed by atoms with Crippen LogP contribution in [0.2, 0.25) is 0 Å². The molecule has 8 rings (SSSR count). The highest BCUT2D eigenvalue weighted by Gasteiger charge is 2.53. The second kappa shape index (κ2) is 9.48. The number of nitrogen functional groups attached to an aromatic ring is 1. The molecule has 3 fully saturated rings. The van der Waals surface area contributed by atoms with E-state index < -0.39 is 6.17 Å². The Hall–Kier alpha value is -3.54. The number of hydrogen-bond donors (Lipinski definition) is 1. The van der Waals surface area contributed by atoms with Gasteiger partial charge in [0.1, 0.15) is 23.8 Å². The number of nitriles is 1. The average molecular weight is 605 g/mol. The van der Waals surface area contributed by atoms with E-state index in [4.69, 9.17) is 25.4 Å². The Balaban J connectivity index is 1.16. The number of hydrogen-bond acceptors (Lipinski definition) is 12. The van der Waals surface area contributed by atoms with E-state index >= 15 is 0 Å². The van der Waals surface area contributed by atoms with Crippen molar-refractivity contribution in [2.24, 2.45) is 0 Å². The van der Waals surface area contributed by atoms with Crippen LogP contribution in [0.4, 0.5) is 15.2 Å². The molecule has 4 aliphatic rings. The van der Waals surface area contributed by atoms with Crippen LogP contribution in [0.3, 0.4) is 0 Å². The van der Waals surface area contributed by atoms with Gasteiger partial charge in [0.15, 0.2) is 17.0 Å². The molecule has 14 heteroatoms. The van der Waals surface area contributed by atoms with Crippen LogP contribution < -0.4 is 15.4 Å². The van der Waals surface area contributed by atoms with Crippen LogP contribution in [-0.4, -0.2) is 78.9 Å². The maximum Gasteiger partial charge on any atom is 0.320 e. The van der Waals surface area contributed by atoms with E-state index in [1.54, 1.807) is 24.9 Å². The molecule has 4 aliphatic heterocycles. The number of anilines is 2. The standard InChI is InChI=1S/C28H29FN10OS2/c1-16(19-9-32-4-5-33-19)39-15-34-22-24(37-12-28(13-37)21-18(8-30)23(31)42-20(21)11-41-28)35-26(36-25(22)39)40-14-27-3-2-6-38(27)10-17(29)7-27/h4-5,9,15-17H,2-3,6-7,10-14,31H2,1H3/t16?,17?,27-/m0/s1. The molecule has 2 unspecified atom stereocenters. The number of nitrogens with two attached hydrogens (primary N) is 1. The number of halogens is 1. The number of ether oxygens (including phenoxy) is 1. The van der Waals surface area contributed by atoms with Gasteiger partial charge in [-0.05, 0) is 26.3 Å². The normalized spacial score (nSPS) is 25.0. The zero-order chi connectivity index (χ0) is 28.6. The Morgan fingerprint density at radius 2 is 2.17 bits per heavy atom. The van der Waals surface area contributed by atoms with Gasteiger partial charge in [-0.3, -0.25) is 14.9 Å². The number of alkyl halides is 1. The van der Waals surface area contributed by atoms with E-state index in [9.17, 15) is 9.65 Å². The summed E-state index contributed by atoms with van der Waals surface area (Å²) in [4.78, 5) is 28.8. The van der Waals surface area contributed by atoms with Crippen molar-refractivity contribution in [3.63, 3.8) is 0 Å². The number of aromatic nitrogens is 6. The van der Waals surface area contributed by atoms with Crippen molar-refractivity contribution in [3.05, 3.63) is 46.6 Å². The number of imidazole rings is 1. The molecule has 1 spiro atoms. The molecule has 4 aromatic rings. The minimum Gasteiger partial charge on any atom is -0.461 e. The SMILES string of the molecule is CC(c1cnccn1)n1cnc2c(N3CC4(C3)SCc3sc(N)c(C#N)c34)nc(OC[C@@]34CCCN3CC(F)C4)nc21. The minimum absolute atomic E-state index is 0.173. The van der Waals surface area contributed by atoms with Gasteiger partial charge in [0.2, 0.25) is 0 Å². The summed E-state index contributed by atoms with van der Waals surface area (Å²) >= 11 is 3.39. The molecule has 0 saturated carbocycles. The lowest BCUT2D eigenvalue weighted by molar-refractivity contribution is 0.107. The Morgan fingerprint density at radius 1 is 1.29 bits per heavy atom. The van der Waals surface area contributed by atoms with Crippen LogP contribution in [-0.2, 0) is 10.5 Å². The summed E-state index contributed by atoms with van der Waals surface area (Å²) in [5, 5.41) is 10.4. The Bertz CT molecular complexity index is 1730. The molecule has 216 valence electrons. The van der Waals surface area contributed by atoms with Crippen molar-refractivity contribution in [2.45, 2.75) is 54.4 Å². The van der Waals surface area contributed by atoms with E-state index in [1.165, 1.54) is 16.2 Å². The maximum atomic E-state index is 14.4. The Kier molecular flexibility index (Phi) is 5.90. The van der Waals surface area contributed by atoms with Crippen LogP contribution in [0.5, 0.6) is 6.01 Å². The molecule has 42 heavy (non-hydrogen) atoms. The fraction of sp³-hybridized carbons (Fsp3) is 0.500. The molecule has 0 amide bonds. The van der Waals surface area contributed by atoms with Crippen LogP contribution >= 0.6 is 23.1 Å². The molecular weight excluding hydrogens is 576 g/mol. The molecule has 0 aromatic carbocycles. The van der Waals surface area contributed by atoms with Crippen molar-refractivity contribution in [1.82, 2.24) is 34.4 Å². The Labute approximate surface area is 249 Å². The lowest BCUT2D eigenvalue weighted by Crippen LogP contribution is -2.57. The zero-order valence-electron chi connectivity index (χ0n) is 23.0. The molecule has 0 radical (unpaired) electrons. The number of nitrogens with zero attached hydrogens (tertiary/aromatic N) is 9. The van der Waals surface area contributed by atoms with Gasteiger partial charge in [0, 0.05) is 54.6 Å². The number of thioether (sulfide) groups is 1. The molecule has 11 nitrogen and oxygen atoms in total. The van der Waals surface area contributed by atoms with Crippen molar-refractivity contribution in [2.75, 3.05) is 43.4 Å². The highest BCUT2D eigenvalue weighted by Crippen LogP contribution is 2.58. The quantitative estimate of drug-likeness (QED) is 0.345. The molecule has 2 N–H and O–H groups in total. The summed E-state index contributed by atoms with van der Waals surface area (Å²) in [5.74, 6) is 1.54. The minimum atomic E-state index is -0.836. The number of thiophene rings is 1. The van der Waals surface area contributed by atoms with Crippen LogP contribution in [0, 0.1) is 11.3 Å². The Morgan fingerprint density at radius 3 is 2.98 bits per heavy atom. The fourth-order valence-corrected chi connectivity index (χ4v) is 10.0. The third-order valence-electron chi connectivity index (χ3n) is 9.29.